The van der Waals surface area contributed by atoms with Crippen LogP contribution in [0.15, 0.2) is 47.8 Å². The van der Waals surface area contributed by atoms with Crippen LogP contribution in [-0.4, -0.2) is 20.9 Å². The standard InChI is InChI=1S/C12H11N3O3/c16-13-8-11-5-3-7-14(11)9-10-4-1-2-6-12(10)15(17)18/h1-8,16H,9H2/b13-8+. The second kappa shape index (κ2) is 5.13. The maximum atomic E-state index is 10.9. The second-order valence-corrected chi connectivity index (χ2v) is 3.69. The molecule has 2 aromatic rings. The van der Waals surface area contributed by atoms with Crippen molar-refractivity contribution in [1.82, 2.24) is 4.57 Å². The van der Waals surface area contributed by atoms with Gasteiger partial charge in [0.15, 0.2) is 0 Å². The van der Waals surface area contributed by atoms with E-state index in [-0.39, 0.29) is 5.69 Å². The molecule has 6 heteroatoms. The lowest BCUT2D eigenvalue weighted by atomic mass is 10.2. The zero-order valence-corrected chi connectivity index (χ0v) is 9.43. The summed E-state index contributed by atoms with van der Waals surface area (Å²) >= 11 is 0. The lowest BCUT2D eigenvalue weighted by Gasteiger charge is -2.06. The summed E-state index contributed by atoms with van der Waals surface area (Å²) in [7, 11) is 0. The highest BCUT2D eigenvalue weighted by atomic mass is 16.6. The van der Waals surface area contributed by atoms with E-state index in [1.165, 1.54) is 12.3 Å². The van der Waals surface area contributed by atoms with Gasteiger partial charge in [0.05, 0.1) is 23.4 Å². The number of rotatable bonds is 4. The molecule has 0 radical (unpaired) electrons. The molecule has 2 rings (SSSR count). The monoisotopic (exact) mass is 245 g/mol. The molecule has 6 nitrogen and oxygen atoms in total. The first-order valence-corrected chi connectivity index (χ1v) is 5.27. The number of nitro benzene ring substituents is 1. The van der Waals surface area contributed by atoms with E-state index in [0.29, 0.717) is 17.8 Å². The van der Waals surface area contributed by atoms with Crippen LogP contribution in [0.25, 0.3) is 0 Å². The van der Waals surface area contributed by atoms with Crippen molar-refractivity contribution in [3.8, 4) is 0 Å². The largest absolute Gasteiger partial charge is 0.411 e. The molecule has 92 valence electrons. The Balaban J connectivity index is 2.34. The van der Waals surface area contributed by atoms with Crippen molar-refractivity contribution in [3.63, 3.8) is 0 Å². The smallest absolute Gasteiger partial charge is 0.274 e. The summed E-state index contributed by atoms with van der Waals surface area (Å²) in [5, 5.41) is 22.4. The first kappa shape index (κ1) is 11.8. The van der Waals surface area contributed by atoms with Crippen LogP contribution >= 0.6 is 0 Å². The van der Waals surface area contributed by atoms with E-state index in [1.54, 1.807) is 41.1 Å². The van der Waals surface area contributed by atoms with E-state index >= 15 is 0 Å². The van der Waals surface area contributed by atoms with E-state index in [9.17, 15) is 10.1 Å². The average Bonchev–Trinajstić information content (AvgIpc) is 2.78. The van der Waals surface area contributed by atoms with Gasteiger partial charge in [0.25, 0.3) is 5.69 Å². The number of hydrogen-bond donors (Lipinski definition) is 1. The number of para-hydroxylation sites is 1. The van der Waals surface area contributed by atoms with Crippen molar-refractivity contribution in [2.75, 3.05) is 0 Å². The molecule has 1 N–H and O–H groups in total. The molecule has 1 aromatic heterocycles. The Hall–Kier alpha value is -2.63. The highest BCUT2D eigenvalue weighted by Gasteiger charge is 2.13. The van der Waals surface area contributed by atoms with Gasteiger partial charge in [0.2, 0.25) is 0 Å². The molecular weight excluding hydrogens is 234 g/mol. The van der Waals surface area contributed by atoms with Crippen LogP contribution in [0, 0.1) is 10.1 Å². The maximum absolute atomic E-state index is 10.9. The lowest BCUT2D eigenvalue weighted by Crippen LogP contribution is -2.05. The Labute approximate surface area is 103 Å². The first-order valence-electron chi connectivity index (χ1n) is 5.27. The summed E-state index contributed by atoms with van der Waals surface area (Å²) in [6.45, 7) is 0.353. The summed E-state index contributed by atoms with van der Waals surface area (Å²) in [6.07, 6.45) is 3.06. The molecule has 0 fully saturated rings. The third kappa shape index (κ3) is 2.37. The molecule has 0 bridgehead atoms. The zero-order chi connectivity index (χ0) is 13.0. The van der Waals surface area contributed by atoms with Gasteiger partial charge in [0, 0.05) is 17.8 Å². The number of nitro groups is 1. The number of benzene rings is 1. The summed E-state index contributed by atoms with van der Waals surface area (Å²) in [5.41, 5.74) is 1.36. The zero-order valence-electron chi connectivity index (χ0n) is 9.43. The van der Waals surface area contributed by atoms with Crippen LogP contribution in [0.2, 0.25) is 0 Å². The highest BCUT2D eigenvalue weighted by molar-refractivity contribution is 5.77. The topological polar surface area (TPSA) is 80.7 Å². The fraction of sp³-hybridized carbons (Fsp3) is 0.0833. The van der Waals surface area contributed by atoms with Crippen LogP contribution in [0.3, 0.4) is 0 Å². The number of oxime groups is 1. The van der Waals surface area contributed by atoms with Gasteiger partial charge in [-0.2, -0.15) is 0 Å². The van der Waals surface area contributed by atoms with Gasteiger partial charge in [0.1, 0.15) is 0 Å². The van der Waals surface area contributed by atoms with Crippen LogP contribution in [0.5, 0.6) is 0 Å². The Kier molecular flexibility index (Phi) is 3.38. The summed E-state index contributed by atoms with van der Waals surface area (Å²) in [4.78, 5) is 10.5. The number of hydrogen-bond acceptors (Lipinski definition) is 4. The van der Waals surface area contributed by atoms with Crippen molar-refractivity contribution in [3.05, 3.63) is 64.0 Å². The summed E-state index contributed by atoms with van der Waals surface area (Å²) in [5.74, 6) is 0. The minimum Gasteiger partial charge on any atom is -0.411 e. The summed E-state index contributed by atoms with van der Waals surface area (Å²) < 4.78 is 1.77. The molecule has 0 aliphatic rings. The summed E-state index contributed by atoms with van der Waals surface area (Å²) in [6, 6.07) is 10.1. The van der Waals surface area contributed by atoms with E-state index in [4.69, 9.17) is 5.21 Å². The maximum Gasteiger partial charge on any atom is 0.274 e. The Morgan fingerprint density at radius 2 is 2.11 bits per heavy atom. The first-order chi connectivity index (χ1) is 8.72. The van der Waals surface area contributed by atoms with E-state index in [2.05, 4.69) is 5.16 Å². The normalized spacial score (nSPS) is 10.9. The van der Waals surface area contributed by atoms with E-state index in [1.807, 2.05) is 0 Å². The predicted molar refractivity (Wildman–Crippen MR) is 66.0 cm³/mol. The van der Waals surface area contributed by atoms with Crippen LogP contribution in [0.4, 0.5) is 5.69 Å². The number of aromatic nitrogens is 1. The molecular formula is C12H11N3O3. The van der Waals surface area contributed by atoms with Gasteiger partial charge in [-0.3, -0.25) is 10.1 Å². The van der Waals surface area contributed by atoms with E-state index < -0.39 is 4.92 Å². The molecule has 0 amide bonds. The van der Waals surface area contributed by atoms with Gasteiger partial charge < -0.3 is 9.77 Å². The van der Waals surface area contributed by atoms with Crippen molar-refractivity contribution in [1.29, 1.82) is 0 Å². The Morgan fingerprint density at radius 1 is 1.33 bits per heavy atom. The molecule has 0 unspecified atom stereocenters. The van der Waals surface area contributed by atoms with Gasteiger partial charge >= 0.3 is 0 Å². The van der Waals surface area contributed by atoms with Crippen molar-refractivity contribution in [2.24, 2.45) is 5.16 Å². The van der Waals surface area contributed by atoms with Crippen molar-refractivity contribution in [2.45, 2.75) is 6.54 Å². The molecule has 0 saturated heterocycles. The second-order valence-electron chi connectivity index (χ2n) is 3.69. The molecule has 0 aliphatic carbocycles. The van der Waals surface area contributed by atoms with Gasteiger partial charge in [-0.15, -0.1) is 0 Å². The van der Waals surface area contributed by atoms with Crippen LogP contribution < -0.4 is 0 Å². The van der Waals surface area contributed by atoms with E-state index in [0.717, 1.165) is 0 Å². The Morgan fingerprint density at radius 3 is 2.83 bits per heavy atom. The molecule has 1 aromatic carbocycles. The highest BCUT2D eigenvalue weighted by Crippen LogP contribution is 2.19. The SMILES string of the molecule is O=[N+]([O-])c1ccccc1Cn1cccc1/C=N/O. The molecule has 0 aliphatic heterocycles. The molecule has 0 saturated carbocycles. The minimum absolute atomic E-state index is 0.0816. The molecule has 0 atom stereocenters. The van der Waals surface area contributed by atoms with Crippen LogP contribution in [-0.2, 0) is 6.54 Å². The molecule has 18 heavy (non-hydrogen) atoms. The quantitative estimate of drug-likeness (QED) is 0.388. The van der Waals surface area contributed by atoms with Crippen LogP contribution in [0.1, 0.15) is 11.3 Å². The van der Waals surface area contributed by atoms with Gasteiger partial charge in [-0.1, -0.05) is 23.4 Å². The molecule has 1 heterocycles. The fourth-order valence-corrected chi connectivity index (χ4v) is 1.75. The number of nitrogens with zero attached hydrogens (tertiary/aromatic N) is 3. The van der Waals surface area contributed by atoms with Crippen molar-refractivity contribution >= 4 is 11.9 Å². The predicted octanol–water partition coefficient (Wildman–Crippen LogP) is 2.25. The Bertz CT molecular complexity index is 590. The lowest BCUT2D eigenvalue weighted by molar-refractivity contribution is -0.385. The third-order valence-electron chi connectivity index (χ3n) is 2.58. The fourth-order valence-electron chi connectivity index (χ4n) is 1.75. The average molecular weight is 245 g/mol. The van der Waals surface area contributed by atoms with Gasteiger partial charge in [-0.05, 0) is 12.1 Å². The molecule has 0 spiro atoms. The third-order valence-corrected chi connectivity index (χ3v) is 2.58. The minimum atomic E-state index is -0.404. The van der Waals surface area contributed by atoms with Crippen molar-refractivity contribution < 1.29 is 10.1 Å². The van der Waals surface area contributed by atoms with Gasteiger partial charge in [-0.25, -0.2) is 0 Å².